The van der Waals surface area contributed by atoms with Crippen LogP contribution in [0.5, 0.6) is 0 Å². The van der Waals surface area contributed by atoms with Crippen LogP contribution in [-0.4, -0.2) is 45.6 Å². The molecule has 1 atom stereocenters. The molecule has 1 aliphatic heterocycles. The van der Waals surface area contributed by atoms with Gasteiger partial charge >= 0.3 is 0 Å². The predicted molar refractivity (Wildman–Crippen MR) is 89.8 cm³/mol. The van der Waals surface area contributed by atoms with E-state index in [4.69, 9.17) is 4.42 Å². The van der Waals surface area contributed by atoms with E-state index >= 15 is 0 Å². The minimum Gasteiger partial charge on any atom is -0.454 e. The maximum atomic E-state index is 12.7. The monoisotopic (exact) mass is 342 g/mol. The van der Waals surface area contributed by atoms with E-state index in [1.54, 1.807) is 27.9 Å². The van der Waals surface area contributed by atoms with E-state index in [9.17, 15) is 9.59 Å². The fourth-order valence-electron chi connectivity index (χ4n) is 3.21. The quantitative estimate of drug-likeness (QED) is 0.896. The molecule has 2 amide bonds. The average Bonchev–Trinajstić information content (AvgIpc) is 3.10. The van der Waals surface area contributed by atoms with E-state index < -0.39 is 0 Å². The Kier molecular flexibility index (Phi) is 4.29. The zero-order valence-corrected chi connectivity index (χ0v) is 14.1. The normalized spacial score (nSPS) is 20.5. The van der Waals surface area contributed by atoms with Gasteiger partial charge in [0.05, 0.1) is 12.5 Å². The summed E-state index contributed by atoms with van der Waals surface area (Å²) < 4.78 is 7.43. The van der Waals surface area contributed by atoms with Crippen LogP contribution in [0.1, 0.15) is 42.0 Å². The van der Waals surface area contributed by atoms with Gasteiger partial charge in [-0.3, -0.25) is 14.3 Å². The SMILES string of the molecule is O=C(NC1CC1)[C@@H]1CCCN(C(=O)c2ccc(Cn3cccn3)o2)C1. The molecule has 1 saturated carbocycles. The number of nitrogens with one attached hydrogen (secondary N) is 1. The number of aromatic nitrogens is 2. The van der Waals surface area contributed by atoms with Crippen LogP contribution in [0.4, 0.5) is 0 Å². The molecule has 2 aromatic rings. The Morgan fingerprint density at radius 3 is 2.92 bits per heavy atom. The molecular weight excluding hydrogens is 320 g/mol. The molecule has 0 bridgehead atoms. The van der Waals surface area contributed by atoms with Crippen LogP contribution in [0.25, 0.3) is 0 Å². The lowest BCUT2D eigenvalue weighted by atomic mass is 9.97. The number of carbonyl (C=O) groups excluding carboxylic acids is 2. The van der Waals surface area contributed by atoms with Gasteiger partial charge in [-0.1, -0.05) is 0 Å². The Morgan fingerprint density at radius 2 is 2.16 bits per heavy atom. The topological polar surface area (TPSA) is 80.4 Å². The van der Waals surface area contributed by atoms with Crippen molar-refractivity contribution < 1.29 is 14.0 Å². The molecule has 2 aliphatic rings. The molecule has 1 aliphatic carbocycles. The summed E-state index contributed by atoms with van der Waals surface area (Å²) in [4.78, 5) is 26.7. The van der Waals surface area contributed by atoms with Gasteiger partial charge in [0.2, 0.25) is 5.91 Å². The summed E-state index contributed by atoms with van der Waals surface area (Å²) in [6, 6.07) is 5.70. The number of nitrogens with zero attached hydrogens (tertiary/aromatic N) is 3. The standard InChI is InChI=1S/C18H22N4O3/c23-17(20-14-4-5-14)13-3-1-9-21(11-13)18(24)16-7-6-15(25-16)12-22-10-2-8-19-22/h2,6-8,10,13-14H,1,3-5,9,11-12H2,(H,20,23)/t13-/m1/s1. The van der Waals surface area contributed by atoms with Crippen LogP contribution in [0.15, 0.2) is 35.0 Å². The Labute approximate surface area is 146 Å². The molecule has 0 aromatic carbocycles. The second-order valence-corrected chi connectivity index (χ2v) is 6.84. The highest BCUT2D eigenvalue weighted by atomic mass is 16.4. The van der Waals surface area contributed by atoms with E-state index in [0.29, 0.717) is 37.2 Å². The van der Waals surface area contributed by atoms with Crippen molar-refractivity contribution in [2.75, 3.05) is 13.1 Å². The summed E-state index contributed by atoms with van der Waals surface area (Å²) in [6.45, 7) is 1.63. The van der Waals surface area contributed by atoms with Crippen LogP contribution in [0.3, 0.4) is 0 Å². The average molecular weight is 342 g/mol. The van der Waals surface area contributed by atoms with Crippen molar-refractivity contribution in [1.82, 2.24) is 20.0 Å². The molecule has 0 unspecified atom stereocenters. The second-order valence-electron chi connectivity index (χ2n) is 6.84. The van der Waals surface area contributed by atoms with E-state index in [1.807, 2.05) is 12.3 Å². The van der Waals surface area contributed by atoms with Gasteiger partial charge in [-0.25, -0.2) is 0 Å². The molecular formula is C18H22N4O3. The third-order valence-corrected chi connectivity index (χ3v) is 4.75. The summed E-state index contributed by atoms with van der Waals surface area (Å²) in [7, 11) is 0. The zero-order chi connectivity index (χ0) is 17.2. The van der Waals surface area contributed by atoms with Gasteiger partial charge in [-0.2, -0.15) is 5.10 Å². The highest BCUT2D eigenvalue weighted by Crippen LogP contribution is 2.23. The lowest BCUT2D eigenvalue weighted by molar-refractivity contribution is -0.126. The number of likely N-dealkylation sites (tertiary alicyclic amines) is 1. The van der Waals surface area contributed by atoms with Crippen molar-refractivity contribution in [3.05, 3.63) is 42.1 Å². The Hall–Kier alpha value is -2.57. The fraction of sp³-hybridized carbons (Fsp3) is 0.500. The van der Waals surface area contributed by atoms with E-state index in [-0.39, 0.29) is 17.7 Å². The molecule has 3 heterocycles. The van der Waals surface area contributed by atoms with Crippen molar-refractivity contribution in [3.8, 4) is 0 Å². The number of piperidine rings is 1. The zero-order valence-electron chi connectivity index (χ0n) is 14.1. The number of furan rings is 1. The highest BCUT2D eigenvalue weighted by molar-refractivity contribution is 5.92. The number of hydrogen-bond acceptors (Lipinski definition) is 4. The minimum atomic E-state index is -0.143. The summed E-state index contributed by atoms with van der Waals surface area (Å²) in [5, 5.41) is 7.17. The van der Waals surface area contributed by atoms with Crippen molar-refractivity contribution >= 4 is 11.8 Å². The molecule has 2 fully saturated rings. The predicted octanol–water partition coefficient (Wildman–Crippen LogP) is 1.66. The first kappa shape index (κ1) is 15.9. The number of hydrogen-bond donors (Lipinski definition) is 1. The number of rotatable bonds is 5. The van der Waals surface area contributed by atoms with Gasteiger partial charge in [0.1, 0.15) is 5.76 Å². The van der Waals surface area contributed by atoms with Crippen molar-refractivity contribution in [3.63, 3.8) is 0 Å². The third-order valence-electron chi connectivity index (χ3n) is 4.75. The van der Waals surface area contributed by atoms with E-state index in [0.717, 1.165) is 25.7 Å². The molecule has 1 N–H and O–H groups in total. The van der Waals surface area contributed by atoms with Crippen LogP contribution < -0.4 is 5.32 Å². The lowest BCUT2D eigenvalue weighted by Crippen LogP contribution is -2.45. The van der Waals surface area contributed by atoms with Crippen LogP contribution in [0, 0.1) is 5.92 Å². The number of amides is 2. The summed E-state index contributed by atoms with van der Waals surface area (Å²) in [6.07, 6.45) is 7.38. The van der Waals surface area contributed by atoms with Crippen LogP contribution in [0.2, 0.25) is 0 Å². The molecule has 4 rings (SSSR count). The minimum absolute atomic E-state index is 0.0822. The van der Waals surface area contributed by atoms with Gasteiger partial charge in [-0.15, -0.1) is 0 Å². The van der Waals surface area contributed by atoms with E-state index in [2.05, 4.69) is 10.4 Å². The molecule has 7 nitrogen and oxygen atoms in total. The summed E-state index contributed by atoms with van der Waals surface area (Å²) >= 11 is 0. The van der Waals surface area contributed by atoms with Gasteiger partial charge in [0.15, 0.2) is 5.76 Å². The number of carbonyl (C=O) groups is 2. The Morgan fingerprint density at radius 1 is 1.28 bits per heavy atom. The Balaban J connectivity index is 1.38. The van der Waals surface area contributed by atoms with Crippen molar-refractivity contribution in [2.45, 2.75) is 38.3 Å². The summed E-state index contributed by atoms with van der Waals surface area (Å²) in [5.41, 5.74) is 0. The second kappa shape index (κ2) is 6.74. The van der Waals surface area contributed by atoms with Gasteiger partial charge in [0.25, 0.3) is 5.91 Å². The first-order valence-electron chi connectivity index (χ1n) is 8.85. The van der Waals surface area contributed by atoms with E-state index in [1.165, 1.54) is 0 Å². The summed E-state index contributed by atoms with van der Waals surface area (Å²) in [5.74, 6) is 0.837. The van der Waals surface area contributed by atoms with Gasteiger partial charge < -0.3 is 14.6 Å². The van der Waals surface area contributed by atoms with Crippen molar-refractivity contribution in [2.24, 2.45) is 5.92 Å². The smallest absolute Gasteiger partial charge is 0.289 e. The largest absolute Gasteiger partial charge is 0.454 e. The maximum Gasteiger partial charge on any atom is 0.289 e. The fourth-order valence-corrected chi connectivity index (χ4v) is 3.21. The first-order valence-corrected chi connectivity index (χ1v) is 8.85. The van der Waals surface area contributed by atoms with Gasteiger partial charge in [0, 0.05) is 31.5 Å². The first-order chi connectivity index (χ1) is 12.2. The maximum absolute atomic E-state index is 12.7. The van der Waals surface area contributed by atoms with Crippen molar-refractivity contribution in [1.29, 1.82) is 0 Å². The highest BCUT2D eigenvalue weighted by Gasteiger charge is 2.32. The van der Waals surface area contributed by atoms with Gasteiger partial charge in [-0.05, 0) is 43.9 Å². The molecule has 25 heavy (non-hydrogen) atoms. The molecule has 0 spiro atoms. The lowest BCUT2D eigenvalue weighted by Gasteiger charge is -2.31. The molecule has 0 radical (unpaired) electrons. The third kappa shape index (κ3) is 3.75. The molecule has 132 valence electrons. The molecule has 2 aromatic heterocycles. The molecule has 1 saturated heterocycles. The molecule has 7 heteroatoms. The Bertz CT molecular complexity index is 748. The van der Waals surface area contributed by atoms with Crippen LogP contribution in [-0.2, 0) is 11.3 Å². The van der Waals surface area contributed by atoms with Crippen LogP contribution >= 0.6 is 0 Å².